The molecule has 2 aromatic rings. The normalized spacial score (nSPS) is 11.2. The molecule has 0 spiro atoms. The second kappa shape index (κ2) is 5.87. The molecule has 8 heteroatoms. The quantitative estimate of drug-likeness (QED) is 0.465. The Kier molecular flexibility index (Phi) is 3.98. The Morgan fingerprint density at radius 2 is 1.90 bits per heavy atom. The number of phenols is 1. The zero-order valence-corrected chi connectivity index (χ0v) is 11.0. The number of hydrogen-bond donors (Lipinski definition) is 4. The Morgan fingerprint density at radius 3 is 2.52 bits per heavy atom. The van der Waals surface area contributed by atoms with Crippen molar-refractivity contribution in [1.29, 1.82) is 0 Å². The number of hydrazone groups is 1. The van der Waals surface area contributed by atoms with Gasteiger partial charge in [0.05, 0.1) is 5.71 Å². The number of nitrogens with zero attached hydrogens (tertiary/aromatic N) is 1. The fraction of sp³-hybridized carbons (Fsp3) is 0.0769. The summed E-state index contributed by atoms with van der Waals surface area (Å²) in [6.07, 6.45) is 1.02. The number of aromatic amines is 2. The molecule has 0 atom stereocenters. The van der Waals surface area contributed by atoms with Crippen molar-refractivity contribution >= 4 is 11.6 Å². The van der Waals surface area contributed by atoms with Crippen LogP contribution in [-0.2, 0) is 0 Å². The van der Waals surface area contributed by atoms with Crippen LogP contribution in [0.2, 0.25) is 0 Å². The smallest absolute Gasteiger partial charge is 0.325 e. The van der Waals surface area contributed by atoms with Crippen molar-refractivity contribution in [3.05, 3.63) is 62.4 Å². The lowest BCUT2D eigenvalue weighted by molar-refractivity contribution is 0.0953. The lowest BCUT2D eigenvalue weighted by Crippen LogP contribution is -2.31. The third-order valence-electron chi connectivity index (χ3n) is 2.67. The van der Waals surface area contributed by atoms with Gasteiger partial charge < -0.3 is 10.1 Å². The van der Waals surface area contributed by atoms with E-state index in [2.05, 4.69) is 15.5 Å². The predicted octanol–water partition coefficient (Wildman–Crippen LogP) is -0.0772. The maximum absolute atomic E-state index is 11.8. The van der Waals surface area contributed by atoms with Gasteiger partial charge >= 0.3 is 5.69 Å². The van der Waals surface area contributed by atoms with Crippen molar-refractivity contribution in [3.63, 3.8) is 0 Å². The monoisotopic (exact) mass is 288 g/mol. The lowest BCUT2D eigenvalue weighted by Gasteiger charge is -2.02. The van der Waals surface area contributed by atoms with Crippen LogP contribution in [0.1, 0.15) is 22.8 Å². The number of amides is 1. The summed E-state index contributed by atoms with van der Waals surface area (Å²) in [5, 5.41) is 13.0. The second-order valence-corrected chi connectivity index (χ2v) is 4.17. The minimum atomic E-state index is -0.797. The molecule has 1 amide bonds. The molecule has 1 aromatic heterocycles. The summed E-state index contributed by atoms with van der Waals surface area (Å²) in [4.78, 5) is 38.2. The van der Waals surface area contributed by atoms with E-state index in [0.29, 0.717) is 11.3 Å². The van der Waals surface area contributed by atoms with Gasteiger partial charge in [0.1, 0.15) is 11.3 Å². The molecule has 0 radical (unpaired) electrons. The molecule has 0 saturated carbocycles. The van der Waals surface area contributed by atoms with Crippen molar-refractivity contribution in [3.8, 4) is 5.75 Å². The second-order valence-electron chi connectivity index (χ2n) is 4.17. The zero-order chi connectivity index (χ0) is 15.4. The summed E-state index contributed by atoms with van der Waals surface area (Å²) in [5.74, 6) is -0.624. The molecular formula is C13H12N4O4. The first kappa shape index (κ1) is 14.3. The standard InChI is InChI=1S/C13H12N4O4/c1-7(8-2-4-9(18)5-3-8)16-17-12(20)10-6-14-13(21)15-11(10)19/h2-6,18H,1H3,(H,17,20)(H2,14,15,19,21). The van der Waals surface area contributed by atoms with E-state index in [4.69, 9.17) is 0 Å². The Hall–Kier alpha value is -3.16. The van der Waals surface area contributed by atoms with E-state index in [1.165, 1.54) is 12.1 Å². The molecule has 1 aromatic carbocycles. The SMILES string of the molecule is CC(=NNC(=O)c1c[nH]c(=O)[nH]c1=O)c1ccc(O)cc1. The van der Waals surface area contributed by atoms with E-state index in [1.54, 1.807) is 19.1 Å². The van der Waals surface area contributed by atoms with Gasteiger partial charge in [0.2, 0.25) is 0 Å². The summed E-state index contributed by atoms with van der Waals surface area (Å²) in [5.41, 5.74) is 1.66. The minimum absolute atomic E-state index is 0.121. The minimum Gasteiger partial charge on any atom is -0.508 e. The third-order valence-corrected chi connectivity index (χ3v) is 2.67. The van der Waals surface area contributed by atoms with Crippen molar-refractivity contribution < 1.29 is 9.90 Å². The number of phenolic OH excluding ortho intramolecular Hbond substituents is 1. The fourth-order valence-corrected chi connectivity index (χ4v) is 1.54. The van der Waals surface area contributed by atoms with E-state index in [-0.39, 0.29) is 11.3 Å². The molecule has 0 aliphatic carbocycles. The highest BCUT2D eigenvalue weighted by molar-refractivity contribution is 6.00. The number of aromatic hydroxyl groups is 1. The molecule has 0 saturated heterocycles. The Bertz CT molecular complexity index is 802. The number of H-pyrrole nitrogens is 2. The first-order valence-corrected chi connectivity index (χ1v) is 5.93. The van der Waals surface area contributed by atoms with Gasteiger partial charge in [-0.3, -0.25) is 14.6 Å². The largest absolute Gasteiger partial charge is 0.508 e. The summed E-state index contributed by atoms with van der Waals surface area (Å²) in [6.45, 7) is 1.66. The van der Waals surface area contributed by atoms with Gasteiger partial charge in [0.15, 0.2) is 0 Å². The molecule has 8 nitrogen and oxygen atoms in total. The molecule has 2 rings (SSSR count). The van der Waals surface area contributed by atoms with Gasteiger partial charge in [0.25, 0.3) is 11.5 Å². The van der Waals surface area contributed by atoms with E-state index in [9.17, 15) is 19.5 Å². The summed E-state index contributed by atoms with van der Waals surface area (Å²) >= 11 is 0. The molecule has 0 fully saturated rings. The van der Waals surface area contributed by atoms with E-state index in [0.717, 1.165) is 6.20 Å². The number of aromatic nitrogens is 2. The maximum Gasteiger partial charge on any atom is 0.325 e. The molecule has 0 aliphatic rings. The van der Waals surface area contributed by atoms with Crippen molar-refractivity contribution in [2.75, 3.05) is 0 Å². The van der Waals surface area contributed by atoms with Crippen molar-refractivity contribution in [1.82, 2.24) is 15.4 Å². The maximum atomic E-state index is 11.8. The number of hydrogen-bond acceptors (Lipinski definition) is 5. The Labute approximate surface area is 118 Å². The highest BCUT2D eigenvalue weighted by Crippen LogP contribution is 2.10. The van der Waals surface area contributed by atoms with Gasteiger partial charge in [-0.2, -0.15) is 5.10 Å². The van der Waals surface area contributed by atoms with Crippen LogP contribution in [0.15, 0.2) is 45.2 Å². The van der Waals surface area contributed by atoms with Gasteiger partial charge in [-0.1, -0.05) is 0 Å². The molecule has 4 N–H and O–H groups in total. The Morgan fingerprint density at radius 1 is 1.24 bits per heavy atom. The van der Waals surface area contributed by atoms with Crippen LogP contribution in [0.25, 0.3) is 0 Å². The van der Waals surface area contributed by atoms with Crippen LogP contribution in [0.3, 0.4) is 0 Å². The molecule has 0 bridgehead atoms. The van der Waals surface area contributed by atoms with E-state index < -0.39 is 17.2 Å². The van der Waals surface area contributed by atoms with Crippen LogP contribution in [0.5, 0.6) is 5.75 Å². The number of rotatable bonds is 3. The van der Waals surface area contributed by atoms with Gasteiger partial charge in [-0.25, -0.2) is 10.2 Å². The third kappa shape index (κ3) is 3.44. The van der Waals surface area contributed by atoms with Crippen LogP contribution >= 0.6 is 0 Å². The molecular weight excluding hydrogens is 276 g/mol. The van der Waals surface area contributed by atoms with E-state index in [1.807, 2.05) is 4.98 Å². The average molecular weight is 288 g/mol. The number of carbonyl (C=O) groups is 1. The first-order valence-electron chi connectivity index (χ1n) is 5.93. The van der Waals surface area contributed by atoms with Crippen LogP contribution < -0.4 is 16.7 Å². The van der Waals surface area contributed by atoms with Crippen LogP contribution in [0.4, 0.5) is 0 Å². The van der Waals surface area contributed by atoms with Crippen LogP contribution in [0, 0.1) is 0 Å². The summed E-state index contributed by atoms with van der Waals surface area (Å²) in [7, 11) is 0. The Balaban J connectivity index is 2.16. The average Bonchev–Trinajstić information content (AvgIpc) is 2.45. The highest BCUT2D eigenvalue weighted by Gasteiger charge is 2.10. The predicted molar refractivity (Wildman–Crippen MR) is 75.5 cm³/mol. The molecule has 0 unspecified atom stereocenters. The molecule has 1 heterocycles. The van der Waals surface area contributed by atoms with Crippen LogP contribution in [-0.4, -0.2) is 26.7 Å². The lowest BCUT2D eigenvalue weighted by atomic mass is 10.1. The van der Waals surface area contributed by atoms with Gasteiger partial charge in [-0.15, -0.1) is 0 Å². The molecule has 21 heavy (non-hydrogen) atoms. The summed E-state index contributed by atoms with van der Waals surface area (Å²) < 4.78 is 0. The van der Waals surface area contributed by atoms with Crippen molar-refractivity contribution in [2.45, 2.75) is 6.92 Å². The number of benzene rings is 1. The van der Waals surface area contributed by atoms with Crippen molar-refractivity contribution in [2.24, 2.45) is 5.10 Å². The van der Waals surface area contributed by atoms with Gasteiger partial charge in [-0.05, 0) is 36.8 Å². The van der Waals surface area contributed by atoms with Gasteiger partial charge in [0, 0.05) is 6.20 Å². The topological polar surface area (TPSA) is 127 Å². The molecule has 0 aliphatic heterocycles. The molecule has 108 valence electrons. The number of carbonyl (C=O) groups excluding carboxylic acids is 1. The zero-order valence-electron chi connectivity index (χ0n) is 11.0. The number of nitrogens with one attached hydrogen (secondary N) is 3. The fourth-order valence-electron chi connectivity index (χ4n) is 1.54. The first-order chi connectivity index (χ1) is 9.97. The highest BCUT2D eigenvalue weighted by atomic mass is 16.3. The van der Waals surface area contributed by atoms with E-state index >= 15 is 0 Å². The summed E-state index contributed by atoms with van der Waals surface area (Å²) in [6, 6.07) is 6.24.